The molecular formula is C26H42N2O8. The molecule has 0 aromatic heterocycles. The second-order valence-electron chi connectivity index (χ2n) is 8.69. The second-order valence-corrected chi connectivity index (χ2v) is 8.69. The van der Waals surface area contributed by atoms with Gasteiger partial charge in [-0.15, -0.1) is 0 Å². The van der Waals surface area contributed by atoms with Gasteiger partial charge in [0, 0.05) is 0 Å². The van der Waals surface area contributed by atoms with Crippen molar-refractivity contribution in [3.63, 3.8) is 0 Å². The van der Waals surface area contributed by atoms with Crippen molar-refractivity contribution >= 4 is 23.9 Å². The molecule has 0 N–H and O–H groups in total. The number of hydrogen-bond donors (Lipinski definition) is 0. The summed E-state index contributed by atoms with van der Waals surface area (Å²) in [5.41, 5.74) is 0. The molecule has 10 heteroatoms. The van der Waals surface area contributed by atoms with E-state index in [-0.39, 0.29) is 38.3 Å². The Balaban J connectivity index is 0. The predicted octanol–water partition coefficient (Wildman–Crippen LogP) is 3.83. The number of carbonyl (C=O) groups is 4. The van der Waals surface area contributed by atoms with Gasteiger partial charge in [0.25, 0.3) is 0 Å². The Morgan fingerprint density at radius 3 is 0.917 bits per heavy atom. The molecule has 10 nitrogen and oxygen atoms in total. The number of esters is 4. The van der Waals surface area contributed by atoms with E-state index in [4.69, 9.17) is 29.5 Å². The summed E-state index contributed by atoms with van der Waals surface area (Å²) in [5, 5.41) is 18.2. The molecule has 204 valence electrons. The van der Waals surface area contributed by atoms with Gasteiger partial charge in [-0.1, -0.05) is 27.7 Å². The molecule has 0 amide bonds. The summed E-state index contributed by atoms with van der Waals surface area (Å²) in [4.78, 5) is 47.1. The van der Waals surface area contributed by atoms with Crippen LogP contribution in [-0.4, -0.2) is 50.3 Å². The van der Waals surface area contributed by atoms with Gasteiger partial charge in [0.1, 0.15) is 0 Å². The lowest BCUT2D eigenvalue weighted by Crippen LogP contribution is -2.34. The van der Waals surface area contributed by atoms with Gasteiger partial charge in [0.15, 0.2) is 11.8 Å². The minimum atomic E-state index is -1.14. The third-order valence-corrected chi connectivity index (χ3v) is 4.75. The Morgan fingerprint density at radius 2 is 0.778 bits per heavy atom. The molecule has 0 saturated heterocycles. The van der Waals surface area contributed by atoms with Crippen LogP contribution < -0.4 is 0 Å². The van der Waals surface area contributed by atoms with Crippen LogP contribution in [0, 0.1) is 58.2 Å². The Kier molecular flexibility index (Phi) is 19.5. The molecule has 0 rings (SSSR count). The molecule has 0 aliphatic carbocycles. The van der Waals surface area contributed by atoms with Crippen molar-refractivity contribution in [2.75, 3.05) is 26.4 Å². The van der Waals surface area contributed by atoms with Gasteiger partial charge in [0.2, 0.25) is 0 Å². The van der Waals surface area contributed by atoms with Gasteiger partial charge in [-0.2, -0.15) is 10.5 Å². The molecule has 0 spiro atoms. The van der Waals surface area contributed by atoms with E-state index in [0.29, 0.717) is 12.8 Å². The molecule has 36 heavy (non-hydrogen) atoms. The predicted molar refractivity (Wildman–Crippen MR) is 131 cm³/mol. The second kappa shape index (κ2) is 20.1. The largest absolute Gasteiger partial charge is 0.465 e. The minimum Gasteiger partial charge on any atom is -0.465 e. The molecule has 0 radical (unpaired) electrons. The minimum absolute atomic E-state index is 0.175. The van der Waals surface area contributed by atoms with E-state index in [0.717, 1.165) is 0 Å². The van der Waals surface area contributed by atoms with E-state index in [9.17, 15) is 19.2 Å². The number of hydrogen-bond acceptors (Lipinski definition) is 10. The van der Waals surface area contributed by atoms with E-state index < -0.39 is 47.5 Å². The number of rotatable bonds is 14. The molecule has 0 fully saturated rings. The zero-order valence-electron chi connectivity index (χ0n) is 22.9. The van der Waals surface area contributed by atoms with Crippen molar-refractivity contribution in [3.8, 4) is 12.1 Å². The maximum Gasteiger partial charge on any atom is 0.321 e. The van der Waals surface area contributed by atoms with Crippen LogP contribution in [0.2, 0.25) is 0 Å². The van der Waals surface area contributed by atoms with E-state index in [1.807, 2.05) is 39.8 Å². The smallest absolute Gasteiger partial charge is 0.321 e. The molecule has 0 aliphatic rings. The van der Waals surface area contributed by atoms with Crippen molar-refractivity contribution in [2.45, 2.75) is 68.2 Å². The average molecular weight is 511 g/mol. The van der Waals surface area contributed by atoms with Gasteiger partial charge in [-0.05, 0) is 52.4 Å². The van der Waals surface area contributed by atoms with Gasteiger partial charge in [0.05, 0.1) is 50.4 Å². The molecule has 2 atom stereocenters. The number of nitriles is 2. The molecule has 0 aromatic rings. The van der Waals surface area contributed by atoms with E-state index >= 15 is 0 Å². The average Bonchev–Trinajstić information content (AvgIpc) is 2.78. The van der Waals surface area contributed by atoms with E-state index in [2.05, 4.69) is 0 Å². The fraction of sp³-hybridized carbons (Fsp3) is 0.769. The number of nitrogens with zero attached hydrogens (tertiary/aromatic N) is 2. The lowest BCUT2D eigenvalue weighted by molar-refractivity contribution is -0.165. The lowest BCUT2D eigenvalue weighted by Gasteiger charge is -2.20. The summed E-state index contributed by atoms with van der Waals surface area (Å²) in [7, 11) is 0. The Morgan fingerprint density at radius 1 is 0.556 bits per heavy atom. The standard InChI is InChI=1S/2C13H21NO4/c2*1-5-17-12(15)11(13(16)18-6-2)10(8-14)7-9(3)4/h2*9-11H,5-7H2,1-4H3/t10-;/m0./s1. The molecular weight excluding hydrogens is 468 g/mol. The fourth-order valence-electron chi connectivity index (χ4n) is 3.32. The Labute approximate surface area is 215 Å². The first-order valence-electron chi connectivity index (χ1n) is 12.4. The zero-order valence-corrected chi connectivity index (χ0v) is 22.9. The third-order valence-electron chi connectivity index (χ3n) is 4.75. The monoisotopic (exact) mass is 510 g/mol. The van der Waals surface area contributed by atoms with Gasteiger partial charge in [-0.3, -0.25) is 19.2 Å². The molecule has 0 aliphatic heterocycles. The van der Waals surface area contributed by atoms with Gasteiger partial charge in [-0.25, -0.2) is 0 Å². The summed E-state index contributed by atoms with van der Waals surface area (Å²) in [5.74, 6) is -5.99. The molecule has 0 aromatic carbocycles. The van der Waals surface area contributed by atoms with Crippen LogP contribution in [0.15, 0.2) is 0 Å². The van der Waals surface area contributed by atoms with Crippen molar-refractivity contribution in [1.82, 2.24) is 0 Å². The molecule has 0 bridgehead atoms. The maximum absolute atomic E-state index is 11.8. The number of ether oxygens (including phenoxy) is 4. The third kappa shape index (κ3) is 13.7. The van der Waals surface area contributed by atoms with Gasteiger partial charge >= 0.3 is 23.9 Å². The SMILES string of the molecule is CCOC(=O)C(C(=O)OCC)C(C#N)CC(C)C.CCOC(=O)C(C(=O)OCC)[C@H](C#N)CC(C)C. The highest BCUT2D eigenvalue weighted by Crippen LogP contribution is 2.24. The maximum atomic E-state index is 11.8. The van der Waals surface area contributed by atoms with E-state index in [1.165, 1.54) is 0 Å². The molecule has 0 heterocycles. The van der Waals surface area contributed by atoms with Crippen molar-refractivity contribution in [1.29, 1.82) is 10.5 Å². The summed E-state index contributed by atoms with van der Waals surface area (Å²) in [6.07, 6.45) is 0.914. The summed E-state index contributed by atoms with van der Waals surface area (Å²) in [6.45, 7) is 15.0. The summed E-state index contributed by atoms with van der Waals surface area (Å²) >= 11 is 0. The van der Waals surface area contributed by atoms with Crippen molar-refractivity contribution in [3.05, 3.63) is 0 Å². The summed E-state index contributed by atoms with van der Waals surface area (Å²) in [6, 6.07) is 4.02. The van der Waals surface area contributed by atoms with Crippen LogP contribution in [0.3, 0.4) is 0 Å². The Bertz CT molecular complexity index is 667. The first-order valence-corrected chi connectivity index (χ1v) is 12.4. The van der Waals surface area contributed by atoms with Crippen LogP contribution >= 0.6 is 0 Å². The van der Waals surface area contributed by atoms with Crippen molar-refractivity contribution < 1.29 is 38.1 Å². The van der Waals surface area contributed by atoms with Crippen LogP contribution in [0.4, 0.5) is 0 Å². The quantitative estimate of drug-likeness (QED) is 0.191. The first kappa shape index (κ1) is 35.0. The topological polar surface area (TPSA) is 153 Å². The normalized spacial score (nSPS) is 12.1. The zero-order chi connectivity index (χ0) is 28.3. The molecule has 0 saturated carbocycles. The van der Waals surface area contributed by atoms with Crippen LogP contribution in [0.1, 0.15) is 68.2 Å². The number of carbonyl (C=O) groups excluding carboxylic acids is 4. The van der Waals surface area contributed by atoms with Crippen LogP contribution in [-0.2, 0) is 38.1 Å². The summed E-state index contributed by atoms with van der Waals surface area (Å²) < 4.78 is 19.4. The Hall–Kier alpha value is -3.14. The highest BCUT2D eigenvalue weighted by atomic mass is 16.6. The van der Waals surface area contributed by atoms with Crippen LogP contribution in [0.5, 0.6) is 0 Å². The van der Waals surface area contributed by atoms with Gasteiger partial charge < -0.3 is 18.9 Å². The first-order chi connectivity index (χ1) is 16.9. The van der Waals surface area contributed by atoms with Crippen molar-refractivity contribution in [2.24, 2.45) is 35.5 Å². The fourth-order valence-corrected chi connectivity index (χ4v) is 3.32. The highest BCUT2D eigenvalue weighted by Gasteiger charge is 2.39. The highest BCUT2D eigenvalue weighted by molar-refractivity contribution is 5.96. The lowest BCUT2D eigenvalue weighted by atomic mass is 9.86. The van der Waals surface area contributed by atoms with E-state index in [1.54, 1.807) is 27.7 Å². The van der Waals surface area contributed by atoms with Crippen LogP contribution in [0.25, 0.3) is 0 Å². The molecule has 1 unspecified atom stereocenters.